The molecule has 2 amide bonds. The average Bonchev–Trinajstić information content (AvgIpc) is 2.83. The molecule has 1 saturated heterocycles. The van der Waals surface area contributed by atoms with Crippen LogP contribution in [0.3, 0.4) is 0 Å². The highest BCUT2D eigenvalue weighted by Gasteiger charge is 2.30. The molecule has 8 nitrogen and oxygen atoms in total. The molecule has 0 saturated carbocycles. The van der Waals surface area contributed by atoms with Crippen LogP contribution in [0, 0.1) is 0 Å². The predicted molar refractivity (Wildman–Crippen MR) is 112 cm³/mol. The molecule has 2 aromatic rings. The number of hydrogen-bond acceptors (Lipinski definition) is 6. The van der Waals surface area contributed by atoms with Crippen molar-refractivity contribution >= 4 is 18.2 Å². The number of hydrogen-bond donors (Lipinski definition) is 0. The second-order valence-electron chi connectivity index (χ2n) is 7.10. The number of carbonyl (C=O) groups excluding carboxylic acids is 3. The Labute approximate surface area is 181 Å². The van der Waals surface area contributed by atoms with Crippen molar-refractivity contribution in [3.8, 4) is 0 Å². The topological polar surface area (TPSA) is 85.4 Å². The molecule has 8 heteroatoms. The third-order valence-electron chi connectivity index (χ3n) is 4.97. The minimum absolute atomic E-state index is 0.197. The monoisotopic (exact) mass is 426 g/mol. The Kier molecular flexibility index (Phi) is 7.86. The number of carbonyl (C=O) groups is 3. The van der Waals surface area contributed by atoms with Gasteiger partial charge in [-0.15, -0.1) is 0 Å². The molecule has 1 fully saturated rings. The van der Waals surface area contributed by atoms with Gasteiger partial charge in [0.15, 0.2) is 0 Å². The van der Waals surface area contributed by atoms with Crippen LogP contribution < -0.4 is 0 Å². The molecule has 0 radical (unpaired) electrons. The number of esters is 1. The summed E-state index contributed by atoms with van der Waals surface area (Å²) in [5.41, 5.74) is 1.77. The van der Waals surface area contributed by atoms with Crippen LogP contribution in [0.5, 0.6) is 0 Å². The van der Waals surface area contributed by atoms with E-state index in [0.717, 1.165) is 11.1 Å². The Balaban J connectivity index is 1.48. The van der Waals surface area contributed by atoms with Crippen LogP contribution in [0.1, 0.15) is 11.1 Å². The summed E-state index contributed by atoms with van der Waals surface area (Å²) in [4.78, 5) is 39.9. The maximum Gasteiger partial charge on any atom is 0.410 e. The Hall–Kier alpha value is -3.55. The van der Waals surface area contributed by atoms with Crippen molar-refractivity contribution in [1.82, 2.24) is 9.80 Å². The minimum atomic E-state index is -1.03. The van der Waals surface area contributed by atoms with Gasteiger partial charge in [-0.05, 0) is 11.1 Å². The molecule has 0 bridgehead atoms. The molecule has 1 heterocycles. The molecular weight excluding hydrogens is 400 g/mol. The molecular formula is C23H26N2O6. The van der Waals surface area contributed by atoms with Crippen LogP contribution in [0.2, 0.25) is 0 Å². The first kappa shape index (κ1) is 22.1. The summed E-state index contributed by atoms with van der Waals surface area (Å²) in [6.07, 6.45) is -1.84. The van der Waals surface area contributed by atoms with Crippen LogP contribution in [0.4, 0.5) is 9.59 Å². The van der Waals surface area contributed by atoms with E-state index in [2.05, 4.69) is 0 Å². The van der Waals surface area contributed by atoms with Crippen LogP contribution in [0.15, 0.2) is 60.7 Å². The Morgan fingerprint density at radius 2 is 1.32 bits per heavy atom. The fourth-order valence-corrected chi connectivity index (χ4v) is 3.21. The van der Waals surface area contributed by atoms with Gasteiger partial charge in [0.2, 0.25) is 6.10 Å². The number of ether oxygens (including phenoxy) is 3. The number of amides is 2. The predicted octanol–water partition coefficient (Wildman–Crippen LogP) is 2.86. The first-order valence-corrected chi connectivity index (χ1v) is 10.1. The molecule has 3 rings (SSSR count). The third-order valence-corrected chi connectivity index (χ3v) is 4.97. The molecule has 164 valence electrons. The van der Waals surface area contributed by atoms with Gasteiger partial charge in [0, 0.05) is 32.6 Å². The van der Waals surface area contributed by atoms with Gasteiger partial charge in [-0.2, -0.15) is 0 Å². The van der Waals surface area contributed by atoms with Crippen molar-refractivity contribution in [1.29, 1.82) is 0 Å². The number of rotatable bonds is 6. The Morgan fingerprint density at radius 3 is 1.87 bits per heavy atom. The standard InChI is InChI=1S/C23H26N2O6/c1-29-21(26)20(16-18-8-4-2-5-9-18)31-23(28)25-14-12-24(13-15-25)22(27)30-17-19-10-6-3-7-11-19/h2-11,20H,12-17H2,1H3/t20-/m0/s1. The molecule has 1 aliphatic heterocycles. The lowest BCUT2D eigenvalue weighted by Crippen LogP contribution is -2.51. The maximum atomic E-state index is 12.6. The number of methoxy groups -OCH3 is 1. The summed E-state index contributed by atoms with van der Waals surface area (Å²) in [7, 11) is 1.26. The normalized spacial score (nSPS) is 14.5. The minimum Gasteiger partial charge on any atom is -0.466 e. The van der Waals surface area contributed by atoms with E-state index in [9.17, 15) is 14.4 Å². The zero-order valence-corrected chi connectivity index (χ0v) is 17.4. The third kappa shape index (κ3) is 6.47. The lowest BCUT2D eigenvalue weighted by Gasteiger charge is -2.34. The summed E-state index contributed by atoms with van der Waals surface area (Å²) >= 11 is 0. The van der Waals surface area contributed by atoms with Gasteiger partial charge in [-0.25, -0.2) is 14.4 Å². The fourth-order valence-electron chi connectivity index (χ4n) is 3.21. The van der Waals surface area contributed by atoms with Crippen molar-refractivity contribution in [2.45, 2.75) is 19.1 Å². The van der Waals surface area contributed by atoms with Crippen LogP contribution >= 0.6 is 0 Å². The number of benzene rings is 2. The van der Waals surface area contributed by atoms with Gasteiger partial charge in [0.25, 0.3) is 0 Å². The van der Waals surface area contributed by atoms with Crippen molar-refractivity contribution in [2.75, 3.05) is 33.3 Å². The summed E-state index contributed by atoms with van der Waals surface area (Å²) < 4.78 is 15.5. The lowest BCUT2D eigenvalue weighted by atomic mass is 10.1. The first-order chi connectivity index (χ1) is 15.1. The zero-order chi connectivity index (χ0) is 22.1. The SMILES string of the molecule is COC(=O)[C@H](Cc1ccccc1)OC(=O)N1CCN(C(=O)OCc2ccccc2)CC1. The Bertz CT molecular complexity index is 866. The molecule has 2 aromatic carbocycles. The van der Waals surface area contributed by atoms with E-state index in [0.29, 0.717) is 26.2 Å². The van der Waals surface area contributed by atoms with Crippen molar-refractivity contribution in [3.05, 3.63) is 71.8 Å². The molecule has 31 heavy (non-hydrogen) atoms. The molecule has 0 spiro atoms. The average molecular weight is 426 g/mol. The first-order valence-electron chi connectivity index (χ1n) is 10.1. The summed E-state index contributed by atoms with van der Waals surface area (Å²) in [6, 6.07) is 18.7. The van der Waals surface area contributed by atoms with Gasteiger partial charge in [0.1, 0.15) is 6.61 Å². The molecule has 1 aliphatic rings. The quantitative estimate of drug-likeness (QED) is 0.522. The van der Waals surface area contributed by atoms with Crippen LogP contribution in [-0.2, 0) is 32.0 Å². The second-order valence-corrected chi connectivity index (χ2v) is 7.10. The fraction of sp³-hybridized carbons (Fsp3) is 0.348. The molecule has 1 atom stereocenters. The van der Waals surface area contributed by atoms with E-state index in [1.807, 2.05) is 60.7 Å². The van der Waals surface area contributed by atoms with Gasteiger partial charge in [-0.1, -0.05) is 60.7 Å². The molecule has 0 aromatic heterocycles. The highest BCUT2D eigenvalue weighted by atomic mass is 16.6. The van der Waals surface area contributed by atoms with Gasteiger partial charge in [-0.3, -0.25) is 0 Å². The zero-order valence-electron chi connectivity index (χ0n) is 17.4. The van der Waals surface area contributed by atoms with Crippen molar-refractivity contribution in [2.24, 2.45) is 0 Å². The smallest absolute Gasteiger partial charge is 0.410 e. The summed E-state index contributed by atoms with van der Waals surface area (Å²) in [5.74, 6) is -0.611. The maximum absolute atomic E-state index is 12.6. The van der Waals surface area contributed by atoms with Crippen LogP contribution in [0.25, 0.3) is 0 Å². The number of nitrogens with zero attached hydrogens (tertiary/aromatic N) is 2. The van der Waals surface area contributed by atoms with Gasteiger partial charge >= 0.3 is 18.2 Å². The molecule has 0 N–H and O–H groups in total. The van der Waals surface area contributed by atoms with E-state index in [1.54, 1.807) is 4.90 Å². The summed E-state index contributed by atoms with van der Waals surface area (Å²) in [6.45, 7) is 1.42. The van der Waals surface area contributed by atoms with Crippen LogP contribution in [-0.4, -0.2) is 67.3 Å². The number of piperazine rings is 1. The van der Waals surface area contributed by atoms with Crippen molar-refractivity contribution in [3.63, 3.8) is 0 Å². The highest BCUT2D eigenvalue weighted by Crippen LogP contribution is 2.12. The van der Waals surface area contributed by atoms with E-state index in [1.165, 1.54) is 12.0 Å². The van der Waals surface area contributed by atoms with Crippen molar-refractivity contribution < 1.29 is 28.6 Å². The van der Waals surface area contributed by atoms with E-state index in [-0.39, 0.29) is 13.0 Å². The van der Waals surface area contributed by atoms with Gasteiger partial charge < -0.3 is 24.0 Å². The van der Waals surface area contributed by atoms with E-state index < -0.39 is 24.3 Å². The van der Waals surface area contributed by atoms with E-state index in [4.69, 9.17) is 14.2 Å². The Morgan fingerprint density at radius 1 is 0.806 bits per heavy atom. The molecule has 0 unspecified atom stereocenters. The highest BCUT2D eigenvalue weighted by molar-refractivity contribution is 5.79. The largest absolute Gasteiger partial charge is 0.466 e. The lowest BCUT2D eigenvalue weighted by molar-refractivity contribution is -0.151. The summed E-state index contributed by atoms with van der Waals surface area (Å²) in [5, 5.41) is 0. The van der Waals surface area contributed by atoms with Gasteiger partial charge in [0.05, 0.1) is 7.11 Å². The van der Waals surface area contributed by atoms with E-state index >= 15 is 0 Å². The second kappa shape index (κ2) is 11.0. The molecule has 0 aliphatic carbocycles.